The molecular weight excluding hydrogens is 687 g/mol. The van der Waals surface area contributed by atoms with Gasteiger partial charge in [0.1, 0.15) is 5.58 Å². The summed E-state index contributed by atoms with van der Waals surface area (Å²) < 4.78 is 8.63. The molecule has 0 atom stereocenters. The summed E-state index contributed by atoms with van der Waals surface area (Å²) in [5.74, 6) is 1.77. The van der Waals surface area contributed by atoms with Gasteiger partial charge < -0.3 is 8.98 Å². The number of pyridine rings is 1. The average Bonchev–Trinajstić information content (AvgIpc) is 3.81. The van der Waals surface area contributed by atoms with Crippen LogP contribution in [-0.2, 0) is 0 Å². The number of fused-ring (bicyclic) bond motifs is 10. The van der Waals surface area contributed by atoms with Gasteiger partial charge in [0, 0.05) is 49.8 Å². The predicted molar refractivity (Wildman–Crippen MR) is 228 cm³/mol. The van der Waals surface area contributed by atoms with Gasteiger partial charge in [-0.05, 0) is 75.5 Å². The van der Waals surface area contributed by atoms with Gasteiger partial charge in [-0.1, -0.05) is 115 Å². The van der Waals surface area contributed by atoms with E-state index in [1.807, 2.05) is 12.1 Å². The molecule has 0 saturated carbocycles. The van der Waals surface area contributed by atoms with Crippen LogP contribution in [0, 0.1) is 0 Å². The molecule has 0 radical (unpaired) electrons. The van der Waals surface area contributed by atoms with Crippen LogP contribution in [0.15, 0.2) is 181 Å². The third kappa shape index (κ3) is 4.63. The zero-order chi connectivity index (χ0) is 36.7. The largest absolute Gasteiger partial charge is 0.454 e. The highest BCUT2D eigenvalue weighted by molar-refractivity contribution is 6.12. The maximum absolute atomic E-state index is 6.26. The van der Waals surface area contributed by atoms with Crippen molar-refractivity contribution in [3.8, 4) is 39.9 Å². The summed E-state index contributed by atoms with van der Waals surface area (Å²) in [4.78, 5) is 19.9. The van der Waals surface area contributed by atoms with Crippen molar-refractivity contribution in [2.45, 2.75) is 0 Å². The normalized spacial score (nSPS) is 11.9. The Morgan fingerprint density at radius 2 is 0.982 bits per heavy atom. The van der Waals surface area contributed by atoms with Crippen LogP contribution >= 0.6 is 0 Å². The maximum Gasteiger partial charge on any atom is 0.164 e. The standard InChI is InChI=1S/C50H29N5O/c1-2-10-34-30(9-1)17-18-31-27-32(19-21-35(31)34)48-52-49(33-20-22-40-41-25-26-51-29-47(41)56-46(40)28-33)54-50(53-48)42-23-24-45(37-12-4-3-11-36(37)42)55-43-15-7-5-13-38(43)39-14-6-8-16-44(39)55/h1-29H. The Morgan fingerprint density at radius 1 is 0.393 bits per heavy atom. The summed E-state index contributed by atoms with van der Waals surface area (Å²) >= 11 is 0. The number of furan rings is 1. The SMILES string of the molecule is c1ccc2c(c1)ccc1cc(-c3nc(-c4ccc5c(c4)oc4cnccc45)nc(-c4ccc(-n5c6ccccc6c6ccccc65)c5ccccc45)n3)ccc12. The molecule has 0 bridgehead atoms. The first kappa shape index (κ1) is 30.7. The molecule has 56 heavy (non-hydrogen) atoms. The Labute approximate surface area is 320 Å². The lowest BCUT2D eigenvalue weighted by molar-refractivity contribution is 0.667. The monoisotopic (exact) mass is 715 g/mol. The van der Waals surface area contributed by atoms with Crippen molar-refractivity contribution in [2.75, 3.05) is 0 Å². The number of nitrogens with zero attached hydrogens (tertiary/aromatic N) is 5. The summed E-state index contributed by atoms with van der Waals surface area (Å²) in [6, 6.07) is 57.6. The molecule has 6 heteroatoms. The summed E-state index contributed by atoms with van der Waals surface area (Å²) in [5.41, 5.74) is 7.62. The average molecular weight is 716 g/mol. The lowest BCUT2D eigenvalue weighted by Crippen LogP contribution is -2.02. The zero-order valence-electron chi connectivity index (χ0n) is 29.9. The van der Waals surface area contributed by atoms with E-state index in [-0.39, 0.29) is 0 Å². The number of hydrogen-bond acceptors (Lipinski definition) is 5. The van der Waals surface area contributed by atoms with Crippen molar-refractivity contribution in [1.82, 2.24) is 24.5 Å². The van der Waals surface area contributed by atoms with E-state index in [0.29, 0.717) is 17.5 Å². The minimum absolute atomic E-state index is 0.569. The van der Waals surface area contributed by atoms with Crippen LogP contribution in [0.3, 0.4) is 0 Å². The van der Waals surface area contributed by atoms with Crippen LogP contribution in [0.25, 0.3) is 116 Å². The van der Waals surface area contributed by atoms with Crippen LogP contribution < -0.4 is 0 Å². The second-order valence-corrected chi connectivity index (χ2v) is 14.3. The third-order valence-corrected chi connectivity index (χ3v) is 11.1. The van der Waals surface area contributed by atoms with Crippen LogP contribution in [0.1, 0.15) is 0 Å². The molecule has 0 N–H and O–H groups in total. The highest BCUT2D eigenvalue weighted by Crippen LogP contribution is 2.39. The Balaban J connectivity index is 1.09. The predicted octanol–water partition coefficient (Wildman–Crippen LogP) is 12.7. The minimum Gasteiger partial charge on any atom is -0.454 e. The Hall–Kier alpha value is -7.70. The molecular formula is C50H29N5O. The van der Waals surface area contributed by atoms with E-state index >= 15 is 0 Å². The van der Waals surface area contributed by atoms with Gasteiger partial charge in [0.25, 0.3) is 0 Å². The first-order valence-corrected chi connectivity index (χ1v) is 18.7. The molecule has 12 aromatic rings. The van der Waals surface area contributed by atoms with Crippen LogP contribution in [-0.4, -0.2) is 24.5 Å². The van der Waals surface area contributed by atoms with Crippen molar-refractivity contribution in [3.05, 3.63) is 176 Å². The van der Waals surface area contributed by atoms with E-state index < -0.39 is 0 Å². The van der Waals surface area contributed by atoms with Gasteiger partial charge in [-0.25, -0.2) is 15.0 Å². The molecule has 12 rings (SSSR count). The molecule has 260 valence electrons. The van der Waals surface area contributed by atoms with Crippen molar-refractivity contribution in [1.29, 1.82) is 0 Å². The third-order valence-electron chi connectivity index (χ3n) is 11.1. The molecule has 4 aromatic heterocycles. The van der Waals surface area contributed by atoms with E-state index in [1.54, 1.807) is 12.4 Å². The topological polar surface area (TPSA) is 69.6 Å². The molecule has 0 aliphatic carbocycles. The molecule has 0 amide bonds. The molecule has 0 aliphatic heterocycles. The second kappa shape index (κ2) is 11.9. The van der Waals surface area contributed by atoms with E-state index in [9.17, 15) is 0 Å². The minimum atomic E-state index is 0.569. The Morgan fingerprint density at radius 3 is 1.77 bits per heavy atom. The van der Waals surface area contributed by atoms with Crippen LogP contribution in [0.4, 0.5) is 0 Å². The number of aromatic nitrogens is 5. The molecule has 8 aromatic carbocycles. The van der Waals surface area contributed by atoms with E-state index in [0.717, 1.165) is 71.5 Å². The van der Waals surface area contributed by atoms with Crippen molar-refractivity contribution < 1.29 is 4.42 Å². The van der Waals surface area contributed by atoms with Crippen molar-refractivity contribution >= 4 is 76.1 Å². The van der Waals surface area contributed by atoms with Gasteiger partial charge in [-0.2, -0.15) is 0 Å². The smallest absolute Gasteiger partial charge is 0.164 e. The van der Waals surface area contributed by atoms with Crippen molar-refractivity contribution in [3.63, 3.8) is 0 Å². The molecule has 0 aliphatic rings. The summed E-state index contributed by atoms with van der Waals surface area (Å²) in [6.07, 6.45) is 3.55. The number of para-hydroxylation sites is 2. The molecule has 0 fully saturated rings. The van der Waals surface area contributed by atoms with Gasteiger partial charge in [0.2, 0.25) is 0 Å². The lowest BCUT2D eigenvalue weighted by atomic mass is 9.99. The van der Waals surface area contributed by atoms with E-state index in [1.165, 1.54) is 26.9 Å². The number of benzene rings is 8. The Kier molecular flexibility index (Phi) is 6.53. The van der Waals surface area contributed by atoms with Gasteiger partial charge >= 0.3 is 0 Å². The highest BCUT2D eigenvalue weighted by Gasteiger charge is 2.19. The quantitative estimate of drug-likeness (QED) is 0.170. The van der Waals surface area contributed by atoms with E-state index in [2.05, 4.69) is 161 Å². The van der Waals surface area contributed by atoms with Gasteiger partial charge in [0.05, 0.1) is 22.9 Å². The van der Waals surface area contributed by atoms with Gasteiger partial charge in [-0.15, -0.1) is 0 Å². The summed E-state index contributed by atoms with van der Waals surface area (Å²) in [5, 5.41) is 11.4. The molecule has 4 heterocycles. The molecule has 0 unspecified atom stereocenters. The van der Waals surface area contributed by atoms with Gasteiger partial charge in [-0.3, -0.25) is 4.98 Å². The summed E-state index contributed by atoms with van der Waals surface area (Å²) in [7, 11) is 0. The first-order valence-electron chi connectivity index (χ1n) is 18.7. The maximum atomic E-state index is 6.26. The highest BCUT2D eigenvalue weighted by atomic mass is 16.3. The fraction of sp³-hybridized carbons (Fsp3) is 0. The van der Waals surface area contributed by atoms with E-state index in [4.69, 9.17) is 19.4 Å². The van der Waals surface area contributed by atoms with Crippen LogP contribution in [0.5, 0.6) is 0 Å². The zero-order valence-corrected chi connectivity index (χ0v) is 29.9. The number of hydrogen-bond donors (Lipinski definition) is 0. The number of rotatable bonds is 4. The fourth-order valence-electron chi connectivity index (χ4n) is 8.53. The fourth-order valence-corrected chi connectivity index (χ4v) is 8.53. The van der Waals surface area contributed by atoms with Gasteiger partial charge in [0.15, 0.2) is 23.1 Å². The molecule has 0 spiro atoms. The first-order chi connectivity index (χ1) is 27.7. The molecule has 6 nitrogen and oxygen atoms in total. The summed E-state index contributed by atoms with van der Waals surface area (Å²) in [6.45, 7) is 0. The van der Waals surface area contributed by atoms with Crippen molar-refractivity contribution in [2.24, 2.45) is 0 Å². The lowest BCUT2D eigenvalue weighted by Gasteiger charge is -2.15. The molecule has 0 saturated heterocycles. The van der Waals surface area contributed by atoms with Crippen LogP contribution in [0.2, 0.25) is 0 Å². The Bertz CT molecular complexity index is 3510. The second-order valence-electron chi connectivity index (χ2n) is 14.3.